The first kappa shape index (κ1) is 9.01. The molecule has 0 aliphatic heterocycles. The molecule has 1 aromatic rings. The number of rotatable bonds is 2. The number of carbonyl (C=O) groups is 1. The van der Waals surface area contributed by atoms with E-state index < -0.39 is 0 Å². The fraction of sp³-hybridized carbons (Fsp3) is 0.583. The number of nitrogens with zero attached hydrogens (tertiary/aromatic N) is 2. The highest BCUT2D eigenvalue weighted by Crippen LogP contribution is 2.49. The molecule has 0 aromatic carbocycles. The molecule has 3 atom stereocenters. The van der Waals surface area contributed by atoms with Crippen LogP contribution in [0.2, 0.25) is 0 Å². The maximum atomic E-state index is 12.1. The van der Waals surface area contributed by atoms with Gasteiger partial charge < -0.3 is 0 Å². The molecule has 2 saturated carbocycles. The second kappa shape index (κ2) is 3.40. The summed E-state index contributed by atoms with van der Waals surface area (Å²) in [7, 11) is 0. The Morgan fingerprint density at radius 3 is 2.87 bits per heavy atom. The highest BCUT2D eigenvalue weighted by atomic mass is 16.1. The lowest BCUT2D eigenvalue weighted by molar-refractivity contribution is 0.0869. The highest BCUT2D eigenvalue weighted by molar-refractivity contribution is 5.96. The van der Waals surface area contributed by atoms with E-state index >= 15 is 0 Å². The fourth-order valence-electron chi connectivity index (χ4n) is 3.19. The molecular formula is C12H14N2O. The van der Waals surface area contributed by atoms with Crippen LogP contribution in [0.15, 0.2) is 18.6 Å². The molecular weight excluding hydrogens is 188 g/mol. The summed E-state index contributed by atoms with van der Waals surface area (Å²) in [5.41, 5.74) is 0.600. The molecule has 0 radical (unpaired) electrons. The van der Waals surface area contributed by atoms with Crippen LogP contribution in [0.3, 0.4) is 0 Å². The first-order chi connectivity index (χ1) is 7.34. The van der Waals surface area contributed by atoms with Crippen LogP contribution in [0.25, 0.3) is 0 Å². The van der Waals surface area contributed by atoms with Gasteiger partial charge in [-0.25, -0.2) is 9.97 Å². The summed E-state index contributed by atoms with van der Waals surface area (Å²) in [4.78, 5) is 20.0. The third kappa shape index (κ3) is 1.46. The van der Waals surface area contributed by atoms with Crippen molar-refractivity contribution in [1.29, 1.82) is 0 Å². The third-order valence-electron chi connectivity index (χ3n) is 3.91. The van der Waals surface area contributed by atoms with Crippen molar-refractivity contribution in [2.24, 2.45) is 17.8 Å². The van der Waals surface area contributed by atoms with Gasteiger partial charge in [0, 0.05) is 12.1 Å². The van der Waals surface area contributed by atoms with Crippen LogP contribution in [0.4, 0.5) is 0 Å². The van der Waals surface area contributed by atoms with Crippen molar-refractivity contribution >= 4 is 5.78 Å². The predicted molar refractivity (Wildman–Crippen MR) is 55.3 cm³/mol. The van der Waals surface area contributed by atoms with E-state index in [0.717, 1.165) is 12.3 Å². The summed E-state index contributed by atoms with van der Waals surface area (Å²) in [5.74, 6) is 1.94. The number of ketones is 1. The standard InChI is InChI=1S/C12H14N2O/c15-12(11-3-4-13-7-14-11)10-6-8-1-2-9(10)5-8/h3-4,7-10H,1-2,5-6H2. The van der Waals surface area contributed by atoms with Crippen molar-refractivity contribution in [3.63, 3.8) is 0 Å². The normalized spacial score (nSPS) is 33.2. The molecule has 0 spiro atoms. The van der Waals surface area contributed by atoms with Gasteiger partial charge in [0.1, 0.15) is 12.0 Å². The molecule has 0 N–H and O–H groups in total. The fourth-order valence-corrected chi connectivity index (χ4v) is 3.19. The van der Waals surface area contributed by atoms with Gasteiger partial charge in [0.25, 0.3) is 0 Å². The molecule has 2 aliphatic rings. The number of aromatic nitrogens is 2. The minimum absolute atomic E-state index is 0.240. The third-order valence-corrected chi connectivity index (χ3v) is 3.91. The second-order valence-electron chi connectivity index (χ2n) is 4.74. The maximum absolute atomic E-state index is 12.1. The first-order valence-electron chi connectivity index (χ1n) is 5.65. The summed E-state index contributed by atoms with van der Waals surface area (Å²) < 4.78 is 0. The van der Waals surface area contributed by atoms with Crippen LogP contribution in [-0.4, -0.2) is 15.8 Å². The van der Waals surface area contributed by atoms with E-state index in [0.29, 0.717) is 11.6 Å². The quantitative estimate of drug-likeness (QED) is 0.690. The molecule has 3 nitrogen and oxygen atoms in total. The summed E-state index contributed by atoms with van der Waals surface area (Å²) in [5, 5.41) is 0. The highest BCUT2D eigenvalue weighted by Gasteiger charge is 2.43. The Hall–Kier alpha value is -1.25. The molecule has 0 saturated heterocycles. The van der Waals surface area contributed by atoms with Crippen LogP contribution in [0.1, 0.15) is 36.2 Å². The van der Waals surface area contributed by atoms with Gasteiger partial charge in [-0.05, 0) is 37.2 Å². The molecule has 1 heterocycles. The number of hydrogen-bond acceptors (Lipinski definition) is 3. The van der Waals surface area contributed by atoms with Crippen molar-refractivity contribution < 1.29 is 4.79 Å². The molecule has 15 heavy (non-hydrogen) atoms. The Balaban J connectivity index is 1.81. The number of Topliss-reactive ketones (excluding diaryl/α,β-unsaturated/α-hetero) is 1. The number of hydrogen-bond donors (Lipinski definition) is 0. The Bertz CT molecular complexity index is 376. The molecule has 0 amide bonds. The molecule has 3 unspecified atom stereocenters. The molecule has 1 aromatic heterocycles. The van der Waals surface area contributed by atoms with Crippen LogP contribution >= 0.6 is 0 Å². The van der Waals surface area contributed by atoms with Crippen LogP contribution < -0.4 is 0 Å². The van der Waals surface area contributed by atoms with E-state index in [9.17, 15) is 4.79 Å². The topological polar surface area (TPSA) is 42.9 Å². The van der Waals surface area contributed by atoms with Crippen molar-refractivity contribution in [2.45, 2.75) is 25.7 Å². The number of carbonyl (C=O) groups excluding carboxylic acids is 1. The van der Waals surface area contributed by atoms with E-state index in [4.69, 9.17) is 0 Å². The van der Waals surface area contributed by atoms with Crippen molar-refractivity contribution in [1.82, 2.24) is 9.97 Å². The zero-order chi connectivity index (χ0) is 10.3. The van der Waals surface area contributed by atoms with Gasteiger partial charge in [-0.15, -0.1) is 0 Å². The molecule has 3 heteroatoms. The van der Waals surface area contributed by atoms with Gasteiger partial charge in [-0.1, -0.05) is 6.42 Å². The van der Waals surface area contributed by atoms with Gasteiger partial charge in [0.2, 0.25) is 0 Å². The monoisotopic (exact) mass is 202 g/mol. The Labute approximate surface area is 88.9 Å². The Morgan fingerprint density at radius 2 is 2.27 bits per heavy atom. The van der Waals surface area contributed by atoms with Gasteiger partial charge >= 0.3 is 0 Å². The van der Waals surface area contributed by atoms with Gasteiger partial charge in [0.15, 0.2) is 5.78 Å². The van der Waals surface area contributed by atoms with E-state index in [1.807, 2.05) is 0 Å². The molecule has 3 rings (SSSR count). The molecule has 78 valence electrons. The summed E-state index contributed by atoms with van der Waals surface area (Å²) >= 11 is 0. The first-order valence-corrected chi connectivity index (χ1v) is 5.65. The smallest absolute Gasteiger partial charge is 0.184 e. The second-order valence-corrected chi connectivity index (χ2v) is 4.74. The predicted octanol–water partition coefficient (Wildman–Crippen LogP) is 2.10. The molecule has 2 bridgehead atoms. The summed E-state index contributed by atoms with van der Waals surface area (Å²) in [6.45, 7) is 0. The minimum Gasteiger partial charge on any atom is -0.292 e. The lowest BCUT2D eigenvalue weighted by Crippen LogP contribution is -2.21. The lowest BCUT2D eigenvalue weighted by atomic mass is 9.84. The van der Waals surface area contributed by atoms with Crippen LogP contribution in [0.5, 0.6) is 0 Å². The summed E-state index contributed by atoms with van der Waals surface area (Å²) in [6.07, 6.45) is 8.03. The van der Waals surface area contributed by atoms with Crippen LogP contribution in [0, 0.1) is 17.8 Å². The average molecular weight is 202 g/mol. The van der Waals surface area contributed by atoms with E-state index in [-0.39, 0.29) is 11.7 Å². The van der Waals surface area contributed by atoms with Gasteiger partial charge in [-0.3, -0.25) is 4.79 Å². The SMILES string of the molecule is O=C(c1ccncn1)C1CC2CCC1C2. The van der Waals surface area contributed by atoms with Crippen LogP contribution in [-0.2, 0) is 0 Å². The van der Waals surface area contributed by atoms with Gasteiger partial charge in [-0.2, -0.15) is 0 Å². The van der Waals surface area contributed by atoms with Crippen molar-refractivity contribution in [3.8, 4) is 0 Å². The largest absolute Gasteiger partial charge is 0.292 e. The van der Waals surface area contributed by atoms with E-state index in [1.165, 1.54) is 25.6 Å². The van der Waals surface area contributed by atoms with Crippen molar-refractivity contribution in [2.75, 3.05) is 0 Å². The minimum atomic E-state index is 0.240. The van der Waals surface area contributed by atoms with Gasteiger partial charge in [0.05, 0.1) is 0 Å². The Kier molecular flexibility index (Phi) is 2.04. The zero-order valence-electron chi connectivity index (χ0n) is 8.60. The summed E-state index contributed by atoms with van der Waals surface area (Å²) in [6, 6.07) is 1.73. The van der Waals surface area contributed by atoms with E-state index in [2.05, 4.69) is 9.97 Å². The molecule has 2 aliphatic carbocycles. The Morgan fingerprint density at radius 1 is 1.33 bits per heavy atom. The maximum Gasteiger partial charge on any atom is 0.184 e. The van der Waals surface area contributed by atoms with Crippen molar-refractivity contribution in [3.05, 3.63) is 24.3 Å². The lowest BCUT2D eigenvalue weighted by Gasteiger charge is -2.19. The number of fused-ring (bicyclic) bond motifs is 2. The zero-order valence-corrected chi connectivity index (χ0v) is 8.60. The molecule has 2 fully saturated rings. The van der Waals surface area contributed by atoms with E-state index in [1.54, 1.807) is 12.3 Å². The average Bonchev–Trinajstić information content (AvgIpc) is 2.91.